The van der Waals surface area contributed by atoms with Gasteiger partial charge in [-0.1, -0.05) is 6.92 Å². The van der Waals surface area contributed by atoms with Crippen LogP contribution in [0.25, 0.3) is 0 Å². The van der Waals surface area contributed by atoms with Crippen molar-refractivity contribution in [1.29, 1.82) is 0 Å². The van der Waals surface area contributed by atoms with Gasteiger partial charge in [-0.3, -0.25) is 9.59 Å². The zero-order valence-corrected chi connectivity index (χ0v) is 12.9. The maximum atomic E-state index is 12.1. The van der Waals surface area contributed by atoms with Crippen LogP contribution in [-0.2, 0) is 11.8 Å². The number of amides is 1. The fourth-order valence-electron chi connectivity index (χ4n) is 1.77. The number of hydrogen-bond acceptors (Lipinski definition) is 3. The van der Waals surface area contributed by atoms with Crippen LogP contribution in [0.3, 0.4) is 0 Å². The smallest absolute Gasteiger partial charge is 0.230 e. The molecule has 0 saturated carbocycles. The van der Waals surface area contributed by atoms with Crippen molar-refractivity contribution in [3.63, 3.8) is 0 Å². The molecule has 0 bridgehead atoms. The third-order valence-electron chi connectivity index (χ3n) is 3.11. The maximum Gasteiger partial charge on any atom is 0.230 e. The molecule has 1 aromatic heterocycles. The minimum atomic E-state index is 0.000569. The van der Waals surface area contributed by atoms with E-state index in [2.05, 4.69) is 5.32 Å². The van der Waals surface area contributed by atoms with Crippen LogP contribution in [0.5, 0.6) is 0 Å². The van der Waals surface area contributed by atoms with Gasteiger partial charge in [0.1, 0.15) is 0 Å². The van der Waals surface area contributed by atoms with Crippen LogP contribution in [0.1, 0.15) is 35.1 Å². The summed E-state index contributed by atoms with van der Waals surface area (Å²) in [4.78, 5) is 23.5. The first-order valence-electron chi connectivity index (χ1n) is 6.48. The molecule has 0 aliphatic heterocycles. The quantitative estimate of drug-likeness (QED) is 0.779. The van der Waals surface area contributed by atoms with Crippen molar-refractivity contribution >= 4 is 23.5 Å². The van der Waals surface area contributed by atoms with Crippen LogP contribution in [0, 0.1) is 13.8 Å². The van der Waals surface area contributed by atoms with E-state index in [-0.39, 0.29) is 11.7 Å². The van der Waals surface area contributed by atoms with E-state index in [0.29, 0.717) is 18.1 Å². The van der Waals surface area contributed by atoms with E-state index >= 15 is 0 Å². The largest absolute Gasteiger partial charge is 0.355 e. The molecule has 0 aliphatic rings. The average molecular weight is 282 g/mol. The first kappa shape index (κ1) is 15.8. The van der Waals surface area contributed by atoms with Crippen LogP contribution in [-0.4, -0.2) is 34.3 Å². The Balaban J connectivity index is 2.43. The number of carbonyl (C=O) groups is 2. The molecule has 1 rings (SSSR count). The molecule has 1 heterocycles. The minimum Gasteiger partial charge on any atom is -0.355 e. The zero-order chi connectivity index (χ0) is 14.4. The summed E-state index contributed by atoms with van der Waals surface area (Å²) in [7, 11) is 1.95. The highest BCUT2D eigenvalue weighted by molar-refractivity contribution is 8.00. The Kier molecular flexibility index (Phi) is 6.15. The van der Waals surface area contributed by atoms with E-state index in [0.717, 1.165) is 23.4 Å². The second-order valence-electron chi connectivity index (χ2n) is 4.61. The number of carbonyl (C=O) groups excluding carboxylic acids is 2. The van der Waals surface area contributed by atoms with Crippen LogP contribution in [0.4, 0.5) is 0 Å². The predicted octanol–water partition coefficient (Wildman–Crippen LogP) is 2.08. The van der Waals surface area contributed by atoms with Crippen LogP contribution >= 0.6 is 11.8 Å². The van der Waals surface area contributed by atoms with E-state index in [1.165, 1.54) is 11.8 Å². The van der Waals surface area contributed by atoms with Gasteiger partial charge in [0.2, 0.25) is 5.91 Å². The van der Waals surface area contributed by atoms with Crippen molar-refractivity contribution in [3.05, 3.63) is 23.0 Å². The van der Waals surface area contributed by atoms with Crippen LogP contribution in [0.2, 0.25) is 0 Å². The van der Waals surface area contributed by atoms with E-state index in [1.54, 1.807) is 0 Å². The molecule has 0 fully saturated rings. The van der Waals surface area contributed by atoms with Gasteiger partial charge < -0.3 is 9.88 Å². The average Bonchev–Trinajstić information content (AvgIpc) is 2.64. The number of aromatic nitrogens is 1. The lowest BCUT2D eigenvalue weighted by molar-refractivity contribution is -0.118. The molecule has 0 saturated heterocycles. The van der Waals surface area contributed by atoms with Gasteiger partial charge in [-0.2, -0.15) is 0 Å². The second kappa shape index (κ2) is 7.38. The molecule has 0 spiro atoms. The monoisotopic (exact) mass is 282 g/mol. The summed E-state index contributed by atoms with van der Waals surface area (Å²) >= 11 is 1.37. The molecule has 1 aromatic rings. The summed E-state index contributed by atoms with van der Waals surface area (Å²) in [5.41, 5.74) is 2.83. The summed E-state index contributed by atoms with van der Waals surface area (Å²) in [6.45, 7) is 6.63. The molecule has 0 atom stereocenters. The Morgan fingerprint density at radius 1 is 1.32 bits per heavy atom. The minimum absolute atomic E-state index is 0.000569. The lowest BCUT2D eigenvalue weighted by atomic mass is 10.2. The summed E-state index contributed by atoms with van der Waals surface area (Å²) in [6, 6.07) is 1.91. The molecule has 5 heteroatoms. The molecule has 1 amide bonds. The first-order valence-corrected chi connectivity index (χ1v) is 7.63. The molecule has 19 heavy (non-hydrogen) atoms. The van der Waals surface area contributed by atoms with Gasteiger partial charge in [-0.15, -0.1) is 11.8 Å². The Labute approximate surface area is 118 Å². The summed E-state index contributed by atoms with van der Waals surface area (Å²) < 4.78 is 2.01. The molecular weight excluding hydrogens is 260 g/mol. The van der Waals surface area contributed by atoms with E-state index < -0.39 is 0 Å². The summed E-state index contributed by atoms with van der Waals surface area (Å²) in [5, 5.41) is 2.80. The first-order chi connectivity index (χ1) is 8.97. The molecule has 0 radical (unpaired) electrons. The SMILES string of the molecule is CCCNC(=O)CSCC(=O)c1cc(C)n(C)c1C. The molecular formula is C14H22N2O2S. The number of nitrogens with zero attached hydrogens (tertiary/aromatic N) is 1. The Hall–Kier alpha value is -1.23. The fraction of sp³-hybridized carbons (Fsp3) is 0.571. The molecule has 0 aromatic carbocycles. The highest BCUT2D eigenvalue weighted by atomic mass is 32.2. The lowest BCUT2D eigenvalue weighted by Crippen LogP contribution is -2.26. The predicted molar refractivity (Wildman–Crippen MR) is 79.8 cm³/mol. The fourth-order valence-corrected chi connectivity index (χ4v) is 2.50. The molecule has 4 nitrogen and oxygen atoms in total. The second-order valence-corrected chi connectivity index (χ2v) is 5.60. The highest BCUT2D eigenvalue weighted by Crippen LogP contribution is 2.16. The summed E-state index contributed by atoms with van der Waals surface area (Å²) in [6.07, 6.45) is 0.928. The number of nitrogens with one attached hydrogen (secondary N) is 1. The van der Waals surface area contributed by atoms with E-state index in [9.17, 15) is 9.59 Å². The van der Waals surface area contributed by atoms with E-state index in [4.69, 9.17) is 0 Å². The normalized spacial score (nSPS) is 10.5. The highest BCUT2D eigenvalue weighted by Gasteiger charge is 2.14. The molecule has 106 valence electrons. The zero-order valence-electron chi connectivity index (χ0n) is 12.1. The maximum absolute atomic E-state index is 12.1. The third-order valence-corrected chi connectivity index (χ3v) is 4.05. The summed E-state index contributed by atoms with van der Waals surface area (Å²) in [5.74, 6) is 0.788. The lowest BCUT2D eigenvalue weighted by Gasteiger charge is -2.04. The Morgan fingerprint density at radius 2 is 2.00 bits per heavy atom. The van der Waals surface area contributed by atoms with Gasteiger partial charge in [-0.25, -0.2) is 0 Å². The van der Waals surface area contributed by atoms with Gasteiger partial charge in [0.25, 0.3) is 0 Å². The van der Waals surface area contributed by atoms with Gasteiger partial charge in [0, 0.05) is 30.5 Å². The number of Topliss-reactive ketones (excluding diaryl/α,β-unsaturated/α-hetero) is 1. The van der Waals surface area contributed by atoms with Crippen molar-refractivity contribution in [1.82, 2.24) is 9.88 Å². The Bertz CT molecular complexity index is 466. The number of rotatable bonds is 7. The number of thioether (sulfide) groups is 1. The van der Waals surface area contributed by atoms with Crippen molar-refractivity contribution in [2.24, 2.45) is 7.05 Å². The van der Waals surface area contributed by atoms with Crippen molar-refractivity contribution < 1.29 is 9.59 Å². The van der Waals surface area contributed by atoms with Gasteiger partial charge >= 0.3 is 0 Å². The number of hydrogen-bond donors (Lipinski definition) is 1. The molecule has 0 aliphatic carbocycles. The van der Waals surface area contributed by atoms with Crippen molar-refractivity contribution in [2.45, 2.75) is 27.2 Å². The standard InChI is InChI=1S/C14H22N2O2S/c1-5-6-15-14(18)9-19-8-13(17)12-7-10(2)16(4)11(12)3/h7H,5-6,8-9H2,1-4H3,(H,15,18). The van der Waals surface area contributed by atoms with Crippen LogP contribution in [0.15, 0.2) is 6.07 Å². The van der Waals surface area contributed by atoms with Crippen LogP contribution < -0.4 is 5.32 Å². The van der Waals surface area contributed by atoms with Gasteiger partial charge in [0.05, 0.1) is 11.5 Å². The van der Waals surface area contributed by atoms with Gasteiger partial charge in [0.15, 0.2) is 5.78 Å². The van der Waals surface area contributed by atoms with Crippen molar-refractivity contribution in [2.75, 3.05) is 18.1 Å². The third kappa shape index (κ3) is 4.42. The topological polar surface area (TPSA) is 51.1 Å². The molecule has 1 N–H and O–H groups in total. The Morgan fingerprint density at radius 3 is 2.53 bits per heavy atom. The van der Waals surface area contributed by atoms with Crippen molar-refractivity contribution in [3.8, 4) is 0 Å². The number of aryl methyl sites for hydroxylation is 1. The number of ketones is 1. The van der Waals surface area contributed by atoms with E-state index in [1.807, 2.05) is 38.5 Å². The molecule has 0 unspecified atom stereocenters. The van der Waals surface area contributed by atoms with Gasteiger partial charge in [-0.05, 0) is 26.3 Å².